The Hall–Kier alpha value is -2.30. The summed E-state index contributed by atoms with van der Waals surface area (Å²) in [5, 5.41) is 2.82. The summed E-state index contributed by atoms with van der Waals surface area (Å²) in [6, 6.07) is 7.73. The molecule has 1 aromatic carbocycles. The molecule has 0 bridgehead atoms. The van der Waals surface area contributed by atoms with E-state index in [1.807, 2.05) is 7.05 Å². The molecule has 118 valence electrons. The summed E-state index contributed by atoms with van der Waals surface area (Å²) in [6.07, 6.45) is 0.788. The number of carbonyl (C=O) groups excluding carboxylic acids is 1. The fourth-order valence-electron chi connectivity index (χ4n) is 2.25. The Morgan fingerprint density at radius 2 is 1.95 bits per heavy atom. The molecule has 5 heteroatoms. The van der Waals surface area contributed by atoms with Crippen molar-refractivity contribution < 1.29 is 13.9 Å². The zero-order valence-corrected chi connectivity index (χ0v) is 13.1. The van der Waals surface area contributed by atoms with Crippen LogP contribution < -0.4 is 10.1 Å². The predicted molar refractivity (Wildman–Crippen MR) is 83.5 cm³/mol. The van der Waals surface area contributed by atoms with Gasteiger partial charge in [-0.3, -0.25) is 4.79 Å². The molecule has 0 fully saturated rings. The first-order chi connectivity index (χ1) is 10.5. The smallest absolute Gasteiger partial charge is 0.257 e. The van der Waals surface area contributed by atoms with Gasteiger partial charge in [0.1, 0.15) is 11.6 Å². The number of nitrogens with zero attached hydrogens (tertiary/aromatic N) is 1. The lowest BCUT2D eigenvalue weighted by atomic mass is 10.2. The Bertz CT molecular complexity index is 647. The van der Waals surface area contributed by atoms with Gasteiger partial charge < -0.3 is 14.6 Å². The molecule has 2 rings (SSSR count). The van der Waals surface area contributed by atoms with Gasteiger partial charge in [0.05, 0.1) is 0 Å². The summed E-state index contributed by atoms with van der Waals surface area (Å²) in [6.45, 7) is 4.63. The normalized spacial score (nSPS) is 10.5. The number of aromatic nitrogens is 1. The van der Waals surface area contributed by atoms with Crippen LogP contribution in [-0.4, -0.2) is 23.6 Å². The van der Waals surface area contributed by atoms with Crippen molar-refractivity contribution in [3.63, 3.8) is 0 Å². The topological polar surface area (TPSA) is 43.3 Å². The van der Waals surface area contributed by atoms with E-state index in [4.69, 9.17) is 4.74 Å². The average molecular weight is 304 g/mol. The summed E-state index contributed by atoms with van der Waals surface area (Å²) in [5.74, 6) is -0.0361. The van der Waals surface area contributed by atoms with Gasteiger partial charge in [-0.25, -0.2) is 4.39 Å². The molecule has 0 aliphatic rings. The van der Waals surface area contributed by atoms with Gasteiger partial charge in [-0.1, -0.05) is 0 Å². The fraction of sp³-hybridized carbons (Fsp3) is 0.353. The first-order valence-corrected chi connectivity index (χ1v) is 7.24. The first kappa shape index (κ1) is 16.1. The standard InChI is InChI=1S/C17H21FN2O2/c1-12-10-14(13(2)20(12)3)8-9-19-17(21)11-22-16-6-4-15(18)5-7-16/h4-7,10H,8-9,11H2,1-3H3,(H,19,21). The van der Waals surface area contributed by atoms with Gasteiger partial charge in [-0.05, 0) is 56.2 Å². The summed E-state index contributed by atoms with van der Waals surface area (Å²) >= 11 is 0. The summed E-state index contributed by atoms with van der Waals surface area (Å²) in [5.41, 5.74) is 3.66. The van der Waals surface area contributed by atoms with E-state index in [9.17, 15) is 9.18 Å². The van der Waals surface area contributed by atoms with Crippen LogP contribution in [0.4, 0.5) is 4.39 Å². The minimum absolute atomic E-state index is 0.0710. The maximum Gasteiger partial charge on any atom is 0.257 e. The third-order valence-corrected chi connectivity index (χ3v) is 3.78. The van der Waals surface area contributed by atoms with E-state index in [0.29, 0.717) is 12.3 Å². The number of hydrogen-bond acceptors (Lipinski definition) is 2. The second-order valence-corrected chi connectivity index (χ2v) is 5.30. The number of nitrogens with one attached hydrogen (secondary N) is 1. The number of rotatable bonds is 6. The molecule has 0 radical (unpaired) electrons. The molecular formula is C17H21FN2O2. The van der Waals surface area contributed by atoms with Crippen LogP contribution in [0, 0.1) is 19.7 Å². The van der Waals surface area contributed by atoms with Gasteiger partial charge in [0, 0.05) is 25.0 Å². The number of aryl methyl sites for hydroxylation is 1. The number of ether oxygens (including phenoxy) is 1. The summed E-state index contributed by atoms with van der Waals surface area (Å²) in [4.78, 5) is 11.7. The molecule has 22 heavy (non-hydrogen) atoms. The average Bonchev–Trinajstić information content (AvgIpc) is 2.74. The lowest BCUT2D eigenvalue weighted by Gasteiger charge is -2.08. The van der Waals surface area contributed by atoms with E-state index in [1.54, 1.807) is 0 Å². The molecule has 0 aliphatic carbocycles. The van der Waals surface area contributed by atoms with Crippen LogP contribution in [0.25, 0.3) is 0 Å². The van der Waals surface area contributed by atoms with E-state index < -0.39 is 0 Å². The summed E-state index contributed by atoms with van der Waals surface area (Å²) in [7, 11) is 2.03. The number of carbonyl (C=O) groups is 1. The first-order valence-electron chi connectivity index (χ1n) is 7.24. The van der Waals surface area contributed by atoms with Crippen LogP contribution >= 0.6 is 0 Å². The molecule has 1 aromatic heterocycles. The minimum Gasteiger partial charge on any atom is -0.484 e. The minimum atomic E-state index is -0.328. The van der Waals surface area contributed by atoms with Crippen LogP contribution in [0.3, 0.4) is 0 Å². The third-order valence-electron chi connectivity index (χ3n) is 3.78. The van der Waals surface area contributed by atoms with Gasteiger partial charge in [-0.15, -0.1) is 0 Å². The number of hydrogen-bond donors (Lipinski definition) is 1. The van der Waals surface area contributed by atoms with Crippen molar-refractivity contribution in [3.05, 3.63) is 53.1 Å². The van der Waals surface area contributed by atoms with Gasteiger partial charge in [-0.2, -0.15) is 0 Å². The van der Waals surface area contributed by atoms with Gasteiger partial charge in [0.25, 0.3) is 5.91 Å². The van der Waals surface area contributed by atoms with Crippen molar-refractivity contribution in [3.8, 4) is 5.75 Å². The largest absolute Gasteiger partial charge is 0.484 e. The highest BCUT2D eigenvalue weighted by molar-refractivity contribution is 5.77. The van der Waals surface area contributed by atoms with E-state index in [2.05, 4.69) is 29.8 Å². The van der Waals surface area contributed by atoms with Crippen molar-refractivity contribution in [2.75, 3.05) is 13.2 Å². The predicted octanol–water partition coefficient (Wildman–Crippen LogP) is 2.52. The van der Waals surface area contributed by atoms with Crippen LogP contribution in [0.2, 0.25) is 0 Å². The molecule has 1 N–H and O–H groups in total. The van der Waals surface area contributed by atoms with Crippen LogP contribution in [0.15, 0.2) is 30.3 Å². The van der Waals surface area contributed by atoms with Crippen molar-refractivity contribution in [1.29, 1.82) is 0 Å². The number of benzene rings is 1. The maximum absolute atomic E-state index is 12.7. The fourth-order valence-corrected chi connectivity index (χ4v) is 2.25. The highest BCUT2D eigenvalue weighted by Gasteiger charge is 2.07. The van der Waals surface area contributed by atoms with Crippen LogP contribution in [0.1, 0.15) is 17.0 Å². The van der Waals surface area contributed by atoms with Crippen molar-refractivity contribution in [2.45, 2.75) is 20.3 Å². The quantitative estimate of drug-likeness (QED) is 0.891. The Kier molecular flexibility index (Phi) is 5.20. The zero-order chi connectivity index (χ0) is 16.1. The number of halogens is 1. The molecule has 0 atom stereocenters. The molecule has 0 aliphatic heterocycles. The highest BCUT2D eigenvalue weighted by atomic mass is 19.1. The Balaban J connectivity index is 1.73. The monoisotopic (exact) mass is 304 g/mol. The Labute approximate surface area is 129 Å². The molecule has 4 nitrogen and oxygen atoms in total. The third kappa shape index (κ3) is 4.10. The second kappa shape index (κ2) is 7.11. The Morgan fingerprint density at radius 1 is 1.27 bits per heavy atom. The number of amides is 1. The molecule has 0 spiro atoms. The summed E-state index contributed by atoms with van der Waals surface area (Å²) < 4.78 is 20.2. The van der Waals surface area contributed by atoms with Crippen molar-refractivity contribution in [1.82, 2.24) is 9.88 Å². The van der Waals surface area contributed by atoms with Crippen LogP contribution in [-0.2, 0) is 18.3 Å². The molecule has 0 saturated heterocycles. The van der Waals surface area contributed by atoms with E-state index in [-0.39, 0.29) is 18.3 Å². The molecule has 0 saturated carbocycles. The molecule has 2 aromatic rings. The SMILES string of the molecule is Cc1cc(CCNC(=O)COc2ccc(F)cc2)c(C)n1C. The van der Waals surface area contributed by atoms with Crippen LogP contribution in [0.5, 0.6) is 5.75 Å². The Morgan fingerprint density at radius 3 is 2.55 bits per heavy atom. The molecule has 1 amide bonds. The van der Waals surface area contributed by atoms with E-state index in [0.717, 1.165) is 6.42 Å². The van der Waals surface area contributed by atoms with E-state index in [1.165, 1.54) is 41.2 Å². The zero-order valence-electron chi connectivity index (χ0n) is 13.1. The molecule has 0 unspecified atom stereocenters. The van der Waals surface area contributed by atoms with E-state index >= 15 is 0 Å². The lowest BCUT2D eigenvalue weighted by molar-refractivity contribution is -0.123. The van der Waals surface area contributed by atoms with Gasteiger partial charge >= 0.3 is 0 Å². The maximum atomic E-state index is 12.7. The highest BCUT2D eigenvalue weighted by Crippen LogP contribution is 2.13. The molecular weight excluding hydrogens is 283 g/mol. The molecule has 1 heterocycles. The van der Waals surface area contributed by atoms with Gasteiger partial charge in [0.15, 0.2) is 6.61 Å². The van der Waals surface area contributed by atoms with Gasteiger partial charge in [0.2, 0.25) is 0 Å². The van der Waals surface area contributed by atoms with Crippen molar-refractivity contribution >= 4 is 5.91 Å². The lowest BCUT2D eigenvalue weighted by Crippen LogP contribution is -2.30. The second-order valence-electron chi connectivity index (χ2n) is 5.30. The van der Waals surface area contributed by atoms with Crippen molar-refractivity contribution in [2.24, 2.45) is 7.05 Å².